The quantitative estimate of drug-likeness (QED) is 0.132. The van der Waals surface area contributed by atoms with Crippen LogP contribution in [-0.4, -0.2) is 49.8 Å². The zero-order valence-electron chi connectivity index (χ0n) is 84.0. The Labute approximate surface area is 742 Å². The third kappa shape index (κ3) is 59.6. The van der Waals surface area contributed by atoms with Crippen LogP contribution in [0.1, 0.15) is 373 Å². The molecule has 1 aliphatic rings. The van der Waals surface area contributed by atoms with Gasteiger partial charge in [0.1, 0.15) is 23.6 Å². The predicted octanol–water partition coefficient (Wildman–Crippen LogP) is 31.4. The molecular weight excluding hydrogens is 1550 g/mol. The second-order valence-corrected chi connectivity index (χ2v) is 45.8. The average Bonchev–Trinajstić information content (AvgIpc) is 1.72. The standard InChI is InChI=1S/C11H16.C10H12F3N.C10H15N.C9H11F3N2.C9H14N2.C9H13N.C9H14S.C8H12N2.C7H11NO.C7H14.C5H9N.C5H12.C4H10/c1-9-6-5-7-10(8-9)11(2,3)4;1-9(2,3)7-4-5-8(14-6-7)10(11,12)13;1-8-5-9(7-11-6-8)10(2,3)4;1-8(2,3)6-4-13-7(14-5-6)9(10,11)12;1-7-10-5-8(6-11-7)9(2,3)4;1-9(2,3)8-5-4-6-10-7-8;1-7-5-6-8(10-7)9(2,3)4;1-8(2,3)7-4-9-6-10-5-7;1-7(2,3)6-4-8-5-9-6;1-7(2,3)6-4-5-6;1-5(2,3)4-6;1-5(2,3)4;1-4(2)3/h5-8H,1-4H3;4-6H,1-3H3;5-7H,1-4H3;4-5H,1-3H3;5-6H,1-4H3;4-7H,1-3H3;5-6H,1-4H3;4-6H,1-3H3;4-5H,1-3H3;6H,4-5H2,1-3H3;1-3H3;1-4H3;4H,1-3H3. The Morgan fingerprint density at radius 3 is 0.992 bits per heavy atom. The molecule has 684 valence electrons. The van der Waals surface area contributed by atoms with Crippen molar-refractivity contribution in [2.45, 2.75) is 379 Å². The highest BCUT2D eigenvalue weighted by molar-refractivity contribution is 7.12. The number of nitriles is 1. The SMILES string of the molecule is CC(C)(C)C.CC(C)(C)C#N.CC(C)(C)C1CC1.CC(C)(C)c1ccc(C(F)(F)F)nc1.CC(C)(C)c1cccnc1.CC(C)(C)c1cnc(C(F)(F)F)nc1.CC(C)(C)c1cncnc1.CC(C)(C)c1cnco1.CC(C)C.Cc1ccc(C(C)(C)C)s1.Cc1cccc(C(C)(C)C)c1.Cc1cncc(C(C)(C)C)c1.Cc1ncc(C(C)(C)C)cn1. The summed E-state index contributed by atoms with van der Waals surface area (Å²) in [7, 11) is 0. The van der Waals surface area contributed by atoms with Gasteiger partial charge in [0.15, 0.2) is 6.39 Å². The summed E-state index contributed by atoms with van der Waals surface area (Å²) in [6.07, 6.45) is 17.6. The van der Waals surface area contributed by atoms with E-state index in [1.807, 2.05) is 130 Å². The highest BCUT2D eigenvalue weighted by Crippen LogP contribution is 2.44. The maximum Gasteiger partial charge on any atom is 0.451 e. The fourth-order valence-corrected chi connectivity index (χ4v) is 9.51. The topological polar surface area (TPSA) is 166 Å². The van der Waals surface area contributed by atoms with Crippen LogP contribution in [0.5, 0.6) is 0 Å². The number of halogens is 6. The number of nitrogens with zero attached hydrogens (tertiary/aromatic N) is 11. The Balaban J connectivity index is -0.00000127. The number of aromatic nitrogens is 10. The Hall–Kier alpha value is -8.11. The van der Waals surface area contributed by atoms with Crippen LogP contribution in [0.15, 0.2) is 158 Å². The molecular formula is C103H163F6N11OS. The van der Waals surface area contributed by atoms with Crippen molar-refractivity contribution in [3.05, 3.63) is 237 Å². The van der Waals surface area contributed by atoms with Crippen molar-refractivity contribution in [3.63, 3.8) is 0 Å². The second-order valence-electron chi connectivity index (χ2n) is 44.5. The van der Waals surface area contributed by atoms with Crippen LogP contribution >= 0.6 is 11.3 Å². The molecule has 0 aliphatic heterocycles. The van der Waals surface area contributed by atoms with E-state index < -0.39 is 23.9 Å². The van der Waals surface area contributed by atoms with Gasteiger partial charge in [-0.3, -0.25) is 15.0 Å². The summed E-state index contributed by atoms with van der Waals surface area (Å²) in [4.78, 5) is 41.0. The third-order valence-corrected chi connectivity index (χ3v) is 18.1. The van der Waals surface area contributed by atoms with Gasteiger partial charge in [-0.05, 0) is 196 Å². The third-order valence-electron chi connectivity index (χ3n) is 16.7. The van der Waals surface area contributed by atoms with E-state index in [2.05, 4.69) is 340 Å². The van der Waals surface area contributed by atoms with E-state index in [1.54, 1.807) is 18.7 Å². The summed E-state index contributed by atoms with van der Waals surface area (Å²) in [6, 6.07) is 24.0. The molecule has 1 aromatic carbocycles. The molecule has 9 aromatic rings. The molecule has 0 spiro atoms. The largest absolute Gasteiger partial charge is 0.451 e. The molecule has 8 heterocycles. The fourth-order valence-electron chi connectivity index (χ4n) is 8.59. The van der Waals surface area contributed by atoms with Crippen molar-refractivity contribution in [1.82, 2.24) is 49.8 Å². The molecule has 0 saturated heterocycles. The Bertz CT molecular complexity index is 4020. The number of rotatable bonds is 0. The zero-order chi connectivity index (χ0) is 96.1. The maximum atomic E-state index is 12.2. The van der Waals surface area contributed by atoms with Crippen LogP contribution in [0.25, 0.3) is 0 Å². The van der Waals surface area contributed by atoms with E-state index in [1.165, 1.54) is 92.6 Å². The number of hydrogen-bond donors (Lipinski definition) is 0. The molecule has 19 heteroatoms. The van der Waals surface area contributed by atoms with Gasteiger partial charge in [0.2, 0.25) is 5.82 Å². The molecule has 1 aliphatic carbocycles. The highest BCUT2D eigenvalue weighted by Gasteiger charge is 2.36. The van der Waals surface area contributed by atoms with E-state index in [4.69, 9.17) is 9.68 Å². The average molecular weight is 1720 g/mol. The summed E-state index contributed by atoms with van der Waals surface area (Å²) in [5, 5.41) is 8.15. The van der Waals surface area contributed by atoms with Crippen molar-refractivity contribution in [3.8, 4) is 6.07 Å². The first kappa shape index (κ1) is 118. The maximum absolute atomic E-state index is 12.2. The number of pyridine rings is 3. The van der Waals surface area contributed by atoms with Crippen molar-refractivity contribution >= 4 is 11.3 Å². The summed E-state index contributed by atoms with van der Waals surface area (Å²) >= 11 is 1.89. The van der Waals surface area contributed by atoms with Crippen LogP contribution in [-0.2, 0) is 61.1 Å². The molecule has 1 fully saturated rings. The van der Waals surface area contributed by atoms with E-state index >= 15 is 0 Å². The number of thiophene rings is 1. The van der Waals surface area contributed by atoms with E-state index in [0.717, 1.165) is 35.1 Å². The highest BCUT2D eigenvalue weighted by atomic mass is 32.1. The minimum absolute atomic E-state index is 0.0938. The van der Waals surface area contributed by atoms with Crippen LogP contribution in [0, 0.1) is 67.1 Å². The van der Waals surface area contributed by atoms with Crippen molar-refractivity contribution < 1.29 is 30.8 Å². The molecule has 122 heavy (non-hydrogen) atoms. The number of alkyl halides is 6. The van der Waals surface area contributed by atoms with Crippen LogP contribution in [0.4, 0.5) is 26.3 Å². The molecule has 0 bridgehead atoms. The van der Waals surface area contributed by atoms with Crippen molar-refractivity contribution in [2.75, 3.05) is 0 Å². The lowest BCUT2D eigenvalue weighted by atomic mass is 9.86. The minimum Gasteiger partial charge on any atom is -0.448 e. The van der Waals surface area contributed by atoms with E-state index in [9.17, 15) is 26.3 Å². The smallest absolute Gasteiger partial charge is 0.448 e. The van der Waals surface area contributed by atoms with Gasteiger partial charge >= 0.3 is 12.4 Å². The Kier molecular flexibility index (Phi) is 49.1. The predicted molar refractivity (Wildman–Crippen MR) is 506 cm³/mol. The second kappa shape index (κ2) is 50.7. The van der Waals surface area contributed by atoms with E-state index in [-0.39, 0.29) is 48.7 Å². The van der Waals surface area contributed by atoms with Crippen LogP contribution < -0.4 is 0 Å². The minimum atomic E-state index is -4.46. The fraction of sp³-hybridized carbons (Fsp3) is 0.602. The first-order valence-corrected chi connectivity index (χ1v) is 43.2. The van der Waals surface area contributed by atoms with Gasteiger partial charge in [-0.1, -0.05) is 304 Å². The molecule has 12 nitrogen and oxygen atoms in total. The summed E-state index contributed by atoms with van der Waals surface area (Å²) in [6.45, 7) is 93.3. The van der Waals surface area contributed by atoms with Gasteiger partial charge in [-0.15, -0.1) is 11.3 Å². The summed E-state index contributed by atoms with van der Waals surface area (Å²) in [5.41, 5.74) is 11.6. The molecule has 8 aromatic heterocycles. The van der Waals surface area contributed by atoms with Gasteiger partial charge in [-0.25, -0.2) is 34.9 Å². The molecule has 1 saturated carbocycles. The Morgan fingerprint density at radius 1 is 0.377 bits per heavy atom. The normalized spacial score (nSPS) is 12.5. The molecule has 0 N–H and O–H groups in total. The first-order valence-electron chi connectivity index (χ1n) is 42.4. The lowest BCUT2D eigenvalue weighted by Crippen LogP contribution is -2.16. The first-order chi connectivity index (χ1) is 54.6. The molecule has 0 atom stereocenters. The molecule has 0 amide bonds. The molecule has 0 radical (unpaired) electrons. The number of hydrogen-bond acceptors (Lipinski definition) is 13. The lowest BCUT2D eigenvalue weighted by molar-refractivity contribution is -0.145. The number of benzene rings is 1. The zero-order valence-corrected chi connectivity index (χ0v) is 84.8. The number of oxazole rings is 1. The lowest BCUT2D eigenvalue weighted by Gasteiger charge is -2.19. The van der Waals surface area contributed by atoms with Gasteiger partial charge in [0.05, 0.1) is 12.3 Å². The monoisotopic (exact) mass is 1720 g/mol. The van der Waals surface area contributed by atoms with Crippen molar-refractivity contribution in [1.29, 1.82) is 5.26 Å². The van der Waals surface area contributed by atoms with Gasteiger partial charge < -0.3 is 4.42 Å². The van der Waals surface area contributed by atoms with Crippen molar-refractivity contribution in [2.24, 2.45) is 28.1 Å². The van der Waals surface area contributed by atoms with Crippen LogP contribution in [0.3, 0.4) is 0 Å². The van der Waals surface area contributed by atoms with Crippen LogP contribution in [0.2, 0.25) is 0 Å². The van der Waals surface area contributed by atoms with Gasteiger partial charge in [-0.2, -0.15) is 31.6 Å². The molecule has 0 unspecified atom stereocenters. The van der Waals surface area contributed by atoms with E-state index in [0.29, 0.717) is 21.8 Å². The summed E-state index contributed by atoms with van der Waals surface area (Å²) in [5.74, 6) is 2.55. The Morgan fingerprint density at radius 2 is 0.754 bits per heavy atom. The molecule has 10 rings (SSSR count). The van der Waals surface area contributed by atoms with Gasteiger partial charge in [0.25, 0.3) is 0 Å². The number of aryl methyl sites for hydroxylation is 4. The summed E-state index contributed by atoms with van der Waals surface area (Å²) < 4.78 is 77.8. The van der Waals surface area contributed by atoms with Gasteiger partial charge in [0, 0.05) is 88.7 Å².